The second-order valence-corrected chi connectivity index (χ2v) is 7.53. The summed E-state index contributed by atoms with van der Waals surface area (Å²) >= 11 is 0. The maximum absolute atomic E-state index is 5.80. The fraction of sp³-hybridized carbons (Fsp3) is 0.682. The number of methoxy groups -OCH3 is 3. The number of hydrogen-bond acceptors (Lipinski definition) is 6. The fourth-order valence-electron chi connectivity index (χ4n) is 3.72. The van der Waals surface area contributed by atoms with Gasteiger partial charge in [-0.3, -0.25) is 4.90 Å². The maximum atomic E-state index is 5.80. The molecule has 1 aliphatic rings. The highest BCUT2D eigenvalue weighted by molar-refractivity contribution is 14.0. The van der Waals surface area contributed by atoms with Crippen molar-refractivity contribution in [2.75, 3.05) is 54.1 Å². The molecular weight excluding hydrogens is 511 g/mol. The number of guanidine groups is 1. The van der Waals surface area contributed by atoms with Crippen LogP contribution in [-0.4, -0.2) is 77.1 Å². The first-order valence-corrected chi connectivity index (χ1v) is 10.7. The van der Waals surface area contributed by atoms with E-state index in [0.29, 0.717) is 36.0 Å². The van der Waals surface area contributed by atoms with Gasteiger partial charge in [0, 0.05) is 32.7 Å². The van der Waals surface area contributed by atoms with Crippen LogP contribution in [0.2, 0.25) is 0 Å². The summed E-state index contributed by atoms with van der Waals surface area (Å²) in [6.45, 7) is 11.6. The fourth-order valence-corrected chi connectivity index (χ4v) is 3.72. The van der Waals surface area contributed by atoms with Crippen molar-refractivity contribution < 1.29 is 18.9 Å². The molecule has 0 saturated carbocycles. The van der Waals surface area contributed by atoms with Crippen LogP contribution in [0.3, 0.4) is 0 Å². The standard InChI is InChI=1S/C22H38N4O4.HI/c1-7-23-22(24-9-8-10-26-14-16(2)30-17(3)15-26)25-13-18-11-19(27-4)21(29-6)20(12-18)28-5;/h11-12,16-17H,7-10,13-15H2,1-6H3,(H2,23,24,25);1H. The molecule has 0 amide bonds. The van der Waals surface area contributed by atoms with Crippen LogP contribution in [0.15, 0.2) is 17.1 Å². The molecule has 2 unspecified atom stereocenters. The Balaban J connectivity index is 0.00000480. The van der Waals surface area contributed by atoms with Crippen molar-refractivity contribution >= 4 is 29.9 Å². The van der Waals surface area contributed by atoms with Gasteiger partial charge in [0.25, 0.3) is 0 Å². The molecule has 2 N–H and O–H groups in total. The third-order valence-electron chi connectivity index (χ3n) is 4.93. The third kappa shape index (κ3) is 8.89. The average Bonchev–Trinajstić information content (AvgIpc) is 2.73. The molecule has 0 bridgehead atoms. The number of hydrogen-bond donors (Lipinski definition) is 2. The van der Waals surface area contributed by atoms with Crippen LogP contribution in [-0.2, 0) is 11.3 Å². The van der Waals surface area contributed by atoms with Crippen LogP contribution in [0, 0.1) is 0 Å². The minimum absolute atomic E-state index is 0. The lowest BCUT2D eigenvalue weighted by Crippen LogP contribution is -2.46. The van der Waals surface area contributed by atoms with Gasteiger partial charge in [0.05, 0.1) is 40.1 Å². The first kappa shape index (κ1) is 27.6. The predicted molar refractivity (Wildman–Crippen MR) is 135 cm³/mol. The van der Waals surface area contributed by atoms with E-state index in [4.69, 9.17) is 23.9 Å². The van der Waals surface area contributed by atoms with Gasteiger partial charge in [-0.2, -0.15) is 0 Å². The van der Waals surface area contributed by atoms with E-state index in [1.54, 1.807) is 21.3 Å². The van der Waals surface area contributed by atoms with Gasteiger partial charge in [-0.05, 0) is 44.9 Å². The van der Waals surface area contributed by atoms with E-state index in [1.807, 2.05) is 12.1 Å². The van der Waals surface area contributed by atoms with Gasteiger partial charge in [0.15, 0.2) is 17.5 Å². The number of benzene rings is 1. The summed E-state index contributed by atoms with van der Waals surface area (Å²) < 4.78 is 22.0. The van der Waals surface area contributed by atoms with Crippen molar-refractivity contribution in [3.05, 3.63) is 17.7 Å². The molecule has 1 aromatic carbocycles. The lowest BCUT2D eigenvalue weighted by molar-refractivity contribution is -0.0679. The molecule has 0 radical (unpaired) electrons. The minimum atomic E-state index is 0. The summed E-state index contributed by atoms with van der Waals surface area (Å²) in [5, 5.41) is 6.73. The van der Waals surface area contributed by atoms with Crippen LogP contribution in [0.25, 0.3) is 0 Å². The van der Waals surface area contributed by atoms with Crippen LogP contribution in [0.1, 0.15) is 32.8 Å². The highest BCUT2D eigenvalue weighted by Crippen LogP contribution is 2.38. The van der Waals surface area contributed by atoms with Gasteiger partial charge < -0.3 is 29.6 Å². The zero-order chi connectivity index (χ0) is 21.9. The van der Waals surface area contributed by atoms with Gasteiger partial charge in [-0.25, -0.2) is 4.99 Å². The summed E-state index contributed by atoms with van der Waals surface area (Å²) in [5.41, 5.74) is 0.984. The van der Waals surface area contributed by atoms with Crippen molar-refractivity contribution in [3.63, 3.8) is 0 Å². The van der Waals surface area contributed by atoms with Gasteiger partial charge in [-0.1, -0.05) is 0 Å². The van der Waals surface area contributed by atoms with E-state index in [0.717, 1.165) is 50.7 Å². The number of aliphatic imine (C=N–C) groups is 1. The van der Waals surface area contributed by atoms with Crippen molar-refractivity contribution in [3.8, 4) is 17.2 Å². The van der Waals surface area contributed by atoms with Gasteiger partial charge in [0.1, 0.15) is 0 Å². The molecule has 1 fully saturated rings. The smallest absolute Gasteiger partial charge is 0.203 e. The van der Waals surface area contributed by atoms with Crippen molar-refractivity contribution in [2.24, 2.45) is 4.99 Å². The Hall–Kier alpha value is -1.46. The molecule has 178 valence electrons. The lowest BCUT2D eigenvalue weighted by Gasteiger charge is -2.35. The summed E-state index contributed by atoms with van der Waals surface area (Å²) in [7, 11) is 4.83. The molecule has 9 heteroatoms. The predicted octanol–water partition coefficient (Wildman–Crippen LogP) is 2.88. The van der Waals surface area contributed by atoms with E-state index in [9.17, 15) is 0 Å². The summed E-state index contributed by atoms with van der Waals surface area (Å²) in [6.07, 6.45) is 1.66. The van der Waals surface area contributed by atoms with Gasteiger partial charge in [0.2, 0.25) is 5.75 Å². The molecule has 1 saturated heterocycles. The quantitative estimate of drug-likeness (QED) is 0.201. The van der Waals surface area contributed by atoms with Crippen LogP contribution in [0.4, 0.5) is 0 Å². The molecule has 8 nitrogen and oxygen atoms in total. The van der Waals surface area contributed by atoms with E-state index < -0.39 is 0 Å². The first-order chi connectivity index (χ1) is 14.5. The van der Waals surface area contributed by atoms with Crippen LogP contribution in [0.5, 0.6) is 17.2 Å². The van der Waals surface area contributed by atoms with Crippen LogP contribution < -0.4 is 24.8 Å². The van der Waals surface area contributed by atoms with Crippen molar-refractivity contribution in [2.45, 2.75) is 45.9 Å². The Morgan fingerprint density at radius 1 is 1.06 bits per heavy atom. The summed E-state index contributed by atoms with van der Waals surface area (Å²) in [5.74, 6) is 2.66. The molecule has 1 aliphatic heterocycles. The average molecular weight is 550 g/mol. The number of rotatable bonds is 10. The number of nitrogens with zero attached hydrogens (tertiary/aromatic N) is 2. The molecule has 31 heavy (non-hydrogen) atoms. The zero-order valence-corrected chi connectivity index (χ0v) is 22.0. The third-order valence-corrected chi connectivity index (χ3v) is 4.93. The van der Waals surface area contributed by atoms with Crippen LogP contribution >= 0.6 is 24.0 Å². The molecule has 1 aromatic rings. The Morgan fingerprint density at radius 3 is 2.19 bits per heavy atom. The Morgan fingerprint density at radius 2 is 1.68 bits per heavy atom. The second kappa shape index (κ2) is 14.6. The highest BCUT2D eigenvalue weighted by Gasteiger charge is 2.21. The summed E-state index contributed by atoms with van der Waals surface area (Å²) in [4.78, 5) is 7.18. The molecular formula is C22H39IN4O4. The summed E-state index contributed by atoms with van der Waals surface area (Å²) in [6, 6.07) is 3.85. The highest BCUT2D eigenvalue weighted by atomic mass is 127. The SMILES string of the molecule is CCNC(=NCc1cc(OC)c(OC)c(OC)c1)NCCCN1CC(C)OC(C)C1.I. The first-order valence-electron chi connectivity index (χ1n) is 10.7. The number of morpholine rings is 1. The molecule has 0 spiro atoms. The Kier molecular flexibility index (Phi) is 13.0. The van der Waals surface area contributed by atoms with E-state index in [-0.39, 0.29) is 24.0 Å². The molecule has 2 rings (SSSR count). The monoisotopic (exact) mass is 550 g/mol. The number of nitrogens with one attached hydrogen (secondary N) is 2. The Bertz CT molecular complexity index is 654. The van der Waals surface area contributed by atoms with Crippen molar-refractivity contribution in [1.82, 2.24) is 15.5 Å². The largest absolute Gasteiger partial charge is 0.493 e. The van der Waals surface area contributed by atoms with E-state index in [1.165, 1.54) is 0 Å². The molecule has 0 aliphatic carbocycles. The zero-order valence-electron chi connectivity index (χ0n) is 19.7. The lowest BCUT2D eigenvalue weighted by atomic mass is 10.2. The Labute approximate surface area is 204 Å². The molecule has 1 heterocycles. The van der Waals surface area contributed by atoms with E-state index >= 15 is 0 Å². The normalized spacial score (nSPS) is 19.4. The number of ether oxygens (including phenoxy) is 4. The number of halogens is 1. The van der Waals surface area contributed by atoms with E-state index in [2.05, 4.69) is 36.3 Å². The van der Waals surface area contributed by atoms with Gasteiger partial charge >= 0.3 is 0 Å². The molecule has 0 aromatic heterocycles. The molecule has 2 atom stereocenters. The van der Waals surface area contributed by atoms with Gasteiger partial charge in [-0.15, -0.1) is 24.0 Å². The topological polar surface area (TPSA) is 76.6 Å². The minimum Gasteiger partial charge on any atom is -0.493 e. The van der Waals surface area contributed by atoms with Crippen molar-refractivity contribution in [1.29, 1.82) is 0 Å². The maximum Gasteiger partial charge on any atom is 0.203 e. The second-order valence-electron chi connectivity index (χ2n) is 7.53.